The fourth-order valence-electron chi connectivity index (χ4n) is 2.77. The van der Waals surface area contributed by atoms with E-state index < -0.39 is 0 Å². The molecule has 0 saturated carbocycles. The van der Waals surface area contributed by atoms with Crippen LogP contribution < -0.4 is 10.6 Å². The summed E-state index contributed by atoms with van der Waals surface area (Å²) in [5.41, 5.74) is 4.72. The van der Waals surface area contributed by atoms with Gasteiger partial charge < -0.3 is 10.6 Å². The molecule has 0 fully saturated rings. The lowest BCUT2D eigenvalue weighted by atomic mass is 9.98. The molecule has 26 heavy (non-hydrogen) atoms. The van der Waals surface area contributed by atoms with Gasteiger partial charge in [-0.2, -0.15) is 10.2 Å². The van der Waals surface area contributed by atoms with E-state index in [4.69, 9.17) is 0 Å². The molecule has 0 amide bonds. The number of anilines is 4. The molecule has 0 aliphatic carbocycles. The monoisotopic (exact) mass is 343 g/mol. The first-order valence-electron chi connectivity index (χ1n) is 8.54. The Morgan fingerprint density at radius 3 is 2.58 bits per heavy atom. The summed E-state index contributed by atoms with van der Waals surface area (Å²) in [6.07, 6.45) is 1.69. The van der Waals surface area contributed by atoms with Crippen molar-refractivity contribution in [1.82, 2.24) is 9.97 Å². The minimum atomic E-state index is 0.402. The Morgan fingerprint density at radius 1 is 1.00 bits per heavy atom. The van der Waals surface area contributed by atoms with Crippen molar-refractivity contribution < 1.29 is 0 Å². The molecule has 2 aromatic carbocycles. The predicted octanol–water partition coefficient (Wildman–Crippen LogP) is 5.27. The Kier molecular flexibility index (Phi) is 5.14. The van der Waals surface area contributed by atoms with Crippen molar-refractivity contribution in [3.63, 3.8) is 0 Å². The lowest BCUT2D eigenvalue weighted by Crippen LogP contribution is -2.04. The highest BCUT2D eigenvalue weighted by Gasteiger charge is 2.10. The molecule has 0 aliphatic heterocycles. The van der Waals surface area contributed by atoms with Crippen LogP contribution >= 0.6 is 0 Å². The van der Waals surface area contributed by atoms with Crippen LogP contribution in [0.4, 0.5) is 23.1 Å². The van der Waals surface area contributed by atoms with Crippen LogP contribution in [0.1, 0.15) is 36.5 Å². The van der Waals surface area contributed by atoms with Crippen molar-refractivity contribution in [2.45, 2.75) is 26.7 Å². The van der Waals surface area contributed by atoms with Gasteiger partial charge in [0.25, 0.3) is 0 Å². The van der Waals surface area contributed by atoms with Crippen molar-refractivity contribution in [2.24, 2.45) is 0 Å². The van der Waals surface area contributed by atoms with Crippen LogP contribution in [0.5, 0.6) is 0 Å². The molecule has 5 nitrogen and oxygen atoms in total. The quantitative estimate of drug-likeness (QED) is 0.660. The Balaban J connectivity index is 1.89. The van der Waals surface area contributed by atoms with Gasteiger partial charge in [-0.05, 0) is 42.2 Å². The van der Waals surface area contributed by atoms with E-state index in [0.717, 1.165) is 5.69 Å². The topological polar surface area (TPSA) is 73.6 Å². The highest BCUT2D eigenvalue weighted by atomic mass is 15.1. The molecule has 0 radical (unpaired) electrons. The molecule has 1 heterocycles. The second-order valence-electron chi connectivity index (χ2n) is 6.37. The minimum Gasteiger partial charge on any atom is -0.340 e. The van der Waals surface area contributed by atoms with E-state index in [2.05, 4.69) is 65.6 Å². The average Bonchev–Trinajstić information content (AvgIpc) is 2.64. The zero-order valence-electron chi connectivity index (χ0n) is 15.1. The summed E-state index contributed by atoms with van der Waals surface area (Å²) in [4.78, 5) is 8.80. The minimum absolute atomic E-state index is 0.402. The molecule has 3 aromatic rings. The maximum atomic E-state index is 9.22. The summed E-state index contributed by atoms with van der Waals surface area (Å²) >= 11 is 0. The fourth-order valence-corrected chi connectivity index (χ4v) is 2.77. The molecule has 3 rings (SSSR count). The van der Waals surface area contributed by atoms with Crippen molar-refractivity contribution >= 4 is 23.1 Å². The number of aryl methyl sites for hydroxylation is 1. The van der Waals surface area contributed by atoms with Gasteiger partial charge in [0.2, 0.25) is 5.95 Å². The van der Waals surface area contributed by atoms with Gasteiger partial charge in [0.1, 0.15) is 11.9 Å². The number of aromatic nitrogens is 2. The van der Waals surface area contributed by atoms with Gasteiger partial charge in [-0.15, -0.1) is 0 Å². The van der Waals surface area contributed by atoms with Crippen molar-refractivity contribution in [3.8, 4) is 6.07 Å². The second kappa shape index (κ2) is 7.66. The number of hydrogen-bond donors (Lipinski definition) is 2. The SMILES string of the molecule is Cc1cccc(C(C)C)c1Nc1ccnc(Nc2ccccc2C#N)n1. The zero-order chi connectivity index (χ0) is 18.5. The van der Waals surface area contributed by atoms with Crippen LogP contribution in [-0.2, 0) is 0 Å². The standard InChI is InChI=1S/C21H21N5/c1-14(2)17-9-6-7-15(3)20(17)25-19-11-12-23-21(26-19)24-18-10-5-4-8-16(18)13-22/h4-12,14H,1-3H3,(H2,23,24,25,26). The van der Waals surface area contributed by atoms with Crippen LogP contribution in [0, 0.1) is 18.3 Å². The van der Waals surface area contributed by atoms with Gasteiger partial charge in [-0.1, -0.05) is 44.2 Å². The summed E-state index contributed by atoms with van der Waals surface area (Å²) in [6, 6.07) is 17.6. The number of nitrogens with zero attached hydrogens (tertiary/aromatic N) is 3. The first-order chi connectivity index (χ1) is 12.6. The zero-order valence-corrected chi connectivity index (χ0v) is 15.1. The van der Waals surface area contributed by atoms with Gasteiger partial charge in [-0.25, -0.2) is 4.98 Å². The third-order valence-electron chi connectivity index (χ3n) is 4.13. The maximum Gasteiger partial charge on any atom is 0.229 e. The molecular weight excluding hydrogens is 322 g/mol. The lowest BCUT2D eigenvalue weighted by Gasteiger charge is -2.17. The van der Waals surface area contributed by atoms with Crippen molar-refractivity contribution in [3.05, 3.63) is 71.4 Å². The number of nitriles is 1. The smallest absolute Gasteiger partial charge is 0.229 e. The highest BCUT2D eigenvalue weighted by Crippen LogP contribution is 2.30. The van der Waals surface area contributed by atoms with Crippen LogP contribution in [0.15, 0.2) is 54.7 Å². The summed E-state index contributed by atoms with van der Waals surface area (Å²) < 4.78 is 0. The fraction of sp³-hybridized carbons (Fsp3) is 0.190. The molecule has 130 valence electrons. The Labute approximate surface area is 153 Å². The molecule has 5 heteroatoms. The first kappa shape index (κ1) is 17.4. The number of hydrogen-bond acceptors (Lipinski definition) is 5. The first-order valence-corrected chi connectivity index (χ1v) is 8.54. The molecule has 1 aromatic heterocycles. The molecule has 0 unspecified atom stereocenters. The molecule has 0 atom stereocenters. The van der Waals surface area contributed by atoms with Gasteiger partial charge in [0.05, 0.1) is 11.3 Å². The normalized spacial score (nSPS) is 10.4. The summed E-state index contributed by atoms with van der Waals surface area (Å²) in [5.74, 6) is 1.55. The summed E-state index contributed by atoms with van der Waals surface area (Å²) in [5, 5.41) is 15.8. The number of para-hydroxylation sites is 2. The molecule has 0 spiro atoms. The third-order valence-corrected chi connectivity index (χ3v) is 4.13. The average molecular weight is 343 g/mol. The van der Waals surface area contributed by atoms with Crippen molar-refractivity contribution in [1.29, 1.82) is 5.26 Å². The third kappa shape index (κ3) is 3.81. The largest absolute Gasteiger partial charge is 0.340 e. The lowest BCUT2D eigenvalue weighted by molar-refractivity contribution is 0.867. The van der Waals surface area contributed by atoms with E-state index in [1.165, 1.54) is 11.1 Å². The Bertz CT molecular complexity index is 957. The van der Waals surface area contributed by atoms with Crippen molar-refractivity contribution in [2.75, 3.05) is 10.6 Å². The summed E-state index contributed by atoms with van der Waals surface area (Å²) in [6.45, 7) is 6.43. The Hall–Kier alpha value is -3.39. The molecule has 0 bridgehead atoms. The van der Waals surface area contributed by atoms with E-state index in [1.54, 1.807) is 12.3 Å². The number of rotatable bonds is 5. The molecular formula is C21H21N5. The van der Waals surface area contributed by atoms with Gasteiger partial charge in [-0.3, -0.25) is 0 Å². The molecule has 0 aliphatic rings. The molecule has 0 saturated heterocycles. The van der Waals surface area contributed by atoms with Crippen LogP contribution in [-0.4, -0.2) is 9.97 Å². The van der Waals surface area contributed by atoms with Crippen LogP contribution in [0.25, 0.3) is 0 Å². The summed E-state index contributed by atoms with van der Waals surface area (Å²) in [7, 11) is 0. The molecule has 2 N–H and O–H groups in total. The maximum absolute atomic E-state index is 9.22. The highest BCUT2D eigenvalue weighted by molar-refractivity contribution is 5.67. The van der Waals surface area contributed by atoms with Gasteiger partial charge in [0, 0.05) is 11.9 Å². The van der Waals surface area contributed by atoms with E-state index in [-0.39, 0.29) is 0 Å². The van der Waals surface area contributed by atoms with E-state index in [0.29, 0.717) is 28.9 Å². The number of nitrogens with one attached hydrogen (secondary N) is 2. The van der Waals surface area contributed by atoms with Crippen LogP contribution in [0.3, 0.4) is 0 Å². The van der Waals surface area contributed by atoms with Gasteiger partial charge >= 0.3 is 0 Å². The van der Waals surface area contributed by atoms with E-state index in [9.17, 15) is 5.26 Å². The number of benzene rings is 2. The second-order valence-corrected chi connectivity index (χ2v) is 6.37. The van der Waals surface area contributed by atoms with E-state index in [1.807, 2.05) is 24.3 Å². The predicted molar refractivity (Wildman–Crippen MR) is 105 cm³/mol. The Morgan fingerprint density at radius 2 is 1.81 bits per heavy atom. The van der Waals surface area contributed by atoms with Gasteiger partial charge in [0.15, 0.2) is 0 Å². The van der Waals surface area contributed by atoms with E-state index >= 15 is 0 Å². The van der Waals surface area contributed by atoms with Crippen LogP contribution in [0.2, 0.25) is 0 Å².